The fraction of sp³-hybridized carbons (Fsp3) is 0.350. The molecule has 4 rings (SSSR count). The fourth-order valence-electron chi connectivity index (χ4n) is 4.21. The molecule has 2 aromatic rings. The van der Waals surface area contributed by atoms with Gasteiger partial charge in [0.25, 0.3) is 5.56 Å². The van der Waals surface area contributed by atoms with Gasteiger partial charge in [-0.05, 0) is 24.0 Å². The van der Waals surface area contributed by atoms with Crippen LogP contribution in [0.25, 0.3) is 0 Å². The standard InChI is InChI=1S/C20H21N3O4/c24-17-8-4-7-16-15-9-13(11-23(16)17)10-22(12-15)20(27)21-18(19(25)26)14-5-2-1-3-6-14/h1-8,13,15,18H,9-12H2,(H,21,27)(H,25,26)/t13-,15-,18+/m0/s1. The van der Waals surface area contributed by atoms with Gasteiger partial charge in [-0.3, -0.25) is 4.79 Å². The summed E-state index contributed by atoms with van der Waals surface area (Å²) >= 11 is 0. The molecule has 0 spiro atoms. The number of amides is 2. The number of nitrogens with one attached hydrogen (secondary N) is 1. The Balaban J connectivity index is 1.52. The van der Waals surface area contributed by atoms with E-state index in [1.54, 1.807) is 51.9 Å². The lowest BCUT2D eigenvalue weighted by molar-refractivity contribution is -0.139. The molecule has 2 bridgehead atoms. The van der Waals surface area contributed by atoms with Crippen molar-refractivity contribution in [2.24, 2.45) is 5.92 Å². The van der Waals surface area contributed by atoms with Gasteiger partial charge in [0, 0.05) is 37.3 Å². The molecule has 2 amide bonds. The molecule has 3 heterocycles. The molecule has 1 saturated heterocycles. The van der Waals surface area contributed by atoms with Gasteiger partial charge in [0.05, 0.1) is 0 Å². The van der Waals surface area contributed by atoms with E-state index in [4.69, 9.17) is 0 Å². The molecule has 0 radical (unpaired) electrons. The van der Waals surface area contributed by atoms with Gasteiger partial charge in [0.15, 0.2) is 6.04 Å². The van der Waals surface area contributed by atoms with Crippen LogP contribution in [-0.4, -0.2) is 39.7 Å². The number of nitrogens with zero attached hydrogens (tertiary/aromatic N) is 2. The lowest BCUT2D eigenvalue weighted by atomic mass is 9.83. The number of pyridine rings is 1. The maximum absolute atomic E-state index is 12.8. The summed E-state index contributed by atoms with van der Waals surface area (Å²) in [5.74, 6) is -0.803. The number of piperidine rings is 1. The summed E-state index contributed by atoms with van der Waals surface area (Å²) in [6.45, 7) is 1.59. The van der Waals surface area contributed by atoms with E-state index in [0.717, 1.165) is 12.1 Å². The largest absolute Gasteiger partial charge is 0.479 e. The lowest BCUT2D eigenvalue weighted by Crippen LogP contribution is -2.52. The zero-order valence-electron chi connectivity index (χ0n) is 14.7. The number of carboxylic acids is 1. The van der Waals surface area contributed by atoms with Crippen LogP contribution in [0.5, 0.6) is 0 Å². The maximum atomic E-state index is 12.8. The van der Waals surface area contributed by atoms with E-state index in [1.165, 1.54) is 0 Å². The van der Waals surface area contributed by atoms with Gasteiger partial charge in [-0.15, -0.1) is 0 Å². The van der Waals surface area contributed by atoms with E-state index in [1.807, 2.05) is 6.07 Å². The van der Waals surface area contributed by atoms with Crippen molar-refractivity contribution in [2.75, 3.05) is 13.1 Å². The van der Waals surface area contributed by atoms with Gasteiger partial charge in [0.2, 0.25) is 0 Å². The van der Waals surface area contributed by atoms with Gasteiger partial charge in [-0.25, -0.2) is 9.59 Å². The molecular weight excluding hydrogens is 346 g/mol. The smallest absolute Gasteiger partial charge is 0.330 e. The summed E-state index contributed by atoms with van der Waals surface area (Å²) in [6, 6.07) is 12.5. The van der Waals surface area contributed by atoms with Crippen LogP contribution in [-0.2, 0) is 11.3 Å². The molecule has 0 unspecified atom stereocenters. The Labute approximate surface area is 156 Å². The first-order chi connectivity index (χ1) is 13.0. The maximum Gasteiger partial charge on any atom is 0.330 e. The zero-order chi connectivity index (χ0) is 19.0. The number of benzene rings is 1. The molecule has 7 heteroatoms. The van der Waals surface area contributed by atoms with Crippen LogP contribution in [0.15, 0.2) is 53.3 Å². The SMILES string of the molecule is O=C(O)[C@H](NC(=O)N1C[C@@H]2C[C@@H](C1)c1cccc(=O)n1C2)c1ccccc1. The van der Waals surface area contributed by atoms with Gasteiger partial charge in [0.1, 0.15) is 0 Å². The van der Waals surface area contributed by atoms with Crippen molar-refractivity contribution in [2.45, 2.75) is 24.9 Å². The third-order valence-corrected chi connectivity index (χ3v) is 5.41. The Kier molecular flexibility index (Phi) is 4.43. The molecule has 0 aliphatic carbocycles. The lowest BCUT2D eigenvalue weighted by Gasteiger charge is -2.42. The second kappa shape index (κ2) is 6.90. The third-order valence-electron chi connectivity index (χ3n) is 5.41. The minimum absolute atomic E-state index is 0.00452. The highest BCUT2D eigenvalue weighted by atomic mass is 16.4. The minimum Gasteiger partial charge on any atom is -0.479 e. The number of hydrogen-bond acceptors (Lipinski definition) is 3. The fourth-order valence-corrected chi connectivity index (χ4v) is 4.21. The van der Waals surface area contributed by atoms with Crippen LogP contribution in [0.3, 0.4) is 0 Å². The topological polar surface area (TPSA) is 91.6 Å². The highest BCUT2D eigenvalue weighted by Gasteiger charge is 2.37. The van der Waals surface area contributed by atoms with E-state index in [2.05, 4.69) is 5.32 Å². The van der Waals surface area contributed by atoms with Crippen LogP contribution < -0.4 is 10.9 Å². The summed E-state index contributed by atoms with van der Waals surface area (Å²) in [5.41, 5.74) is 1.48. The number of hydrogen-bond donors (Lipinski definition) is 2. The molecule has 1 aromatic carbocycles. The van der Waals surface area contributed by atoms with Crippen molar-refractivity contribution in [3.05, 3.63) is 70.1 Å². The number of likely N-dealkylation sites (tertiary alicyclic amines) is 1. The van der Waals surface area contributed by atoms with Crippen LogP contribution in [0.1, 0.15) is 29.6 Å². The number of rotatable bonds is 3. The average Bonchev–Trinajstić information content (AvgIpc) is 2.67. The van der Waals surface area contributed by atoms with Crippen molar-refractivity contribution >= 4 is 12.0 Å². The Bertz CT molecular complexity index is 924. The molecule has 3 atom stereocenters. The number of urea groups is 1. The van der Waals surface area contributed by atoms with E-state index < -0.39 is 12.0 Å². The second-order valence-electron chi connectivity index (χ2n) is 7.23. The summed E-state index contributed by atoms with van der Waals surface area (Å²) in [4.78, 5) is 38.2. The predicted molar refractivity (Wildman–Crippen MR) is 98.5 cm³/mol. The van der Waals surface area contributed by atoms with Gasteiger partial charge in [-0.2, -0.15) is 0 Å². The predicted octanol–water partition coefficient (Wildman–Crippen LogP) is 1.80. The Morgan fingerprint density at radius 3 is 2.56 bits per heavy atom. The molecule has 27 heavy (non-hydrogen) atoms. The van der Waals surface area contributed by atoms with E-state index in [0.29, 0.717) is 25.2 Å². The summed E-state index contributed by atoms with van der Waals surface area (Å²) in [6.07, 6.45) is 0.939. The number of aromatic nitrogens is 1. The van der Waals surface area contributed by atoms with Gasteiger partial charge >= 0.3 is 12.0 Å². The van der Waals surface area contributed by atoms with Gasteiger partial charge in [-0.1, -0.05) is 36.4 Å². The monoisotopic (exact) mass is 367 g/mol. The van der Waals surface area contributed by atoms with Crippen molar-refractivity contribution in [1.82, 2.24) is 14.8 Å². The third kappa shape index (κ3) is 3.32. The Morgan fingerprint density at radius 2 is 1.81 bits per heavy atom. The Hall–Kier alpha value is -3.09. The molecule has 0 saturated carbocycles. The van der Waals surface area contributed by atoms with Crippen molar-refractivity contribution in [3.63, 3.8) is 0 Å². The minimum atomic E-state index is -1.09. The van der Waals surface area contributed by atoms with Crippen molar-refractivity contribution < 1.29 is 14.7 Å². The molecule has 140 valence electrons. The second-order valence-corrected chi connectivity index (χ2v) is 7.23. The summed E-state index contributed by atoms with van der Waals surface area (Å²) in [5, 5.41) is 12.2. The molecule has 1 aromatic heterocycles. The summed E-state index contributed by atoms with van der Waals surface area (Å²) in [7, 11) is 0. The van der Waals surface area contributed by atoms with Crippen LogP contribution in [0, 0.1) is 5.92 Å². The number of fused-ring (bicyclic) bond motifs is 4. The van der Waals surface area contributed by atoms with Crippen LogP contribution in [0.4, 0.5) is 4.79 Å². The first-order valence-corrected chi connectivity index (χ1v) is 9.06. The molecule has 1 fully saturated rings. The number of aliphatic carboxylic acids is 1. The first kappa shape index (κ1) is 17.3. The normalized spacial score (nSPS) is 21.9. The molecule has 2 N–H and O–H groups in total. The van der Waals surface area contributed by atoms with E-state index in [9.17, 15) is 19.5 Å². The van der Waals surface area contributed by atoms with E-state index in [-0.39, 0.29) is 23.4 Å². The summed E-state index contributed by atoms with van der Waals surface area (Å²) < 4.78 is 1.80. The highest BCUT2D eigenvalue weighted by molar-refractivity contribution is 5.83. The number of carbonyl (C=O) groups is 2. The quantitative estimate of drug-likeness (QED) is 0.865. The first-order valence-electron chi connectivity index (χ1n) is 9.06. The zero-order valence-corrected chi connectivity index (χ0v) is 14.7. The average molecular weight is 367 g/mol. The molecule has 7 nitrogen and oxygen atoms in total. The number of carboxylic acid groups (broad SMARTS) is 1. The van der Waals surface area contributed by atoms with Gasteiger partial charge < -0.3 is 19.9 Å². The Morgan fingerprint density at radius 1 is 1.04 bits per heavy atom. The molecule has 2 aliphatic rings. The molecule has 2 aliphatic heterocycles. The number of carbonyl (C=O) groups excluding carboxylic acids is 1. The van der Waals surface area contributed by atoms with Crippen LogP contribution in [0.2, 0.25) is 0 Å². The van der Waals surface area contributed by atoms with Crippen molar-refractivity contribution in [3.8, 4) is 0 Å². The highest BCUT2D eigenvalue weighted by Crippen LogP contribution is 2.35. The molecular formula is C20H21N3O4. The van der Waals surface area contributed by atoms with Crippen LogP contribution >= 0.6 is 0 Å². The van der Waals surface area contributed by atoms with E-state index >= 15 is 0 Å². The van der Waals surface area contributed by atoms with Crippen molar-refractivity contribution in [1.29, 1.82) is 0 Å².